The van der Waals surface area contributed by atoms with Gasteiger partial charge in [0.1, 0.15) is 6.29 Å². The first-order chi connectivity index (χ1) is 12.7. The van der Waals surface area contributed by atoms with E-state index in [4.69, 9.17) is 0 Å². The number of hydrogen-bond donors (Lipinski definition) is 0. The summed E-state index contributed by atoms with van der Waals surface area (Å²) in [5, 5.41) is 11.1. The van der Waals surface area contributed by atoms with Crippen molar-refractivity contribution in [3.63, 3.8) is 0 Å². The summed E-state index contributed by atoms with van der Waals surface area (Å²) < 4.78 is 0. The minimum atomic E-state index is -0.317. The Morgan fingerprint density at radius 3 is 1.88 bits per heavy atom. The van der Waals surface area contributed by atoms with Crippen molar-refractivity contribution in [2.75, 3.05) is 0 Å². The average molecular weight is 357 g/mol. The summed E-state index contributed by atoms with van der Waals surface area (Å²) in [7, 11) is 0. The topological polar surface area (TPSA) is 60.2 Å². The van der Waals surface area contributed by atoms with Gasteiger partial charge < -0.3 is 4.79 Å². The van der Waals surface area contributed by atoms with Gasteiger partial charge in [0, 0.05) is 6.42 Å². The van der Waals surface area contributed by atoms with Crippen LogP contribution in [0, 0.1) is 10.1 Å². The second kappa shape index (κ2) is 18.8. The van der Waals surface area contributed by atoms with Gasteiger partial charge in [0.05, 0.1) is 11.3 Å². The van der Waals surface area contributed by atoms with E-state index in [0.717, 1.165) is 38.4 Å². The minimum Gasteiger partial charge on any atom is -0.303 e. The fourth-order valence-electron chi connectivity index (χ4n) is 2.00. The molecule has 0 rings (SSSR count). The number of allylic oxidation sites excluding steroid dienone is 11. The van der Waals surface area contributed by atoms with Crippen LogP contribution in [-0.2, 0) is 4.79 Å². The van der Waals surface area contributed by atoms with Crippen molar-refractivity contribution in [1.29, 1.82) is 0 Å². The highest BCUT2D eigenvalue weighted by Gasteiger charge is 2.06. The third-order valence-corrected chi connectivity index (χ3v) is 3.39. The first kappa shape index (κ1) is 23.5. The van der Waals surface area contributed by atoms with Crippen LogP contribution in [0.25, 0.3) is 0 Å². The first-order valence-electron chi connectivity index (χ1n) is 9.24. The van der Waals surface area contributed by atoms with Gasteiger partial charge in [-0.3, -0.25) is 10.1 Å². The molecule has 0 aromatic rings. The van der Waals surface area contributed by atoms with Crippen LogP contribution in [-0.4, -0.2) is 11.2 Å². The number of hydrogen-bond acceptors (Lipinski definition) is 3. The lowest BCUT2D eigenvalue weighted by Crippen LogP contribution is -1.97. The van der Waals surface area contributed by atoms with E-state index in [1.165, 1.54) is 0 Å². The maximum Gasteiger partial charge on any atom is 0.246 e. The Morgan fingerprint density at radius 1 is 0.769 bits per heavy atom. The summed E-state index contributed by atoms with van der Waals surface area (Å²) >= 11 is 0. The highest BCUT2D eigenvalue weighted by molar-refractivity contribution is 5.49. The second-order valence-corrected chi connectivity index (χ2v) is 5.61. The first-order valence-corrected chi connectivity index (χ1v) is 9.24. The number of carbonyl (C=O) groups excluding carboxylic acids is 1. The SMILES string of the molecule is CC/C=C\C/C=C\C/C=C\C/C(=C\C/C=C\C/C=C\CCC=O)[N+](=O)[O-]. The number of nitro groups is 1. The third kappa shape index (κ3) is 16.4. The lowest BCUT2D eigenvalue weighted by Gasteiger charge is -1.93. The van der Waals surface area contributed by atoms with E-state index in [9.17, 15) is 14.9 Å². The Hall–Kier alpha value is -2.49. The van der Waals surface area contributed by atoms with Gasteiger partial charge in [0.25, 0.3) is 0 Å². The van der Waals surface area contributed by atoms with E-state index in [2.05, 4.69) is 31.2 Å². The molecule has 0 N–H and O–H groups in total. The monoisotopic (exact) mass is 357 g/mol. The molecule has 0 heterocycles. The number of carbonyl (C=O) groups is 1. The largest absolute Gasteiger partial charge is 0.303 e. The molecule has 4 nitrogen and oxygen atoms in total. The molecule has 0 bridgehead atoms. The molecule has 0 aromatic carbocycles. The summed E-state index contributed by atoms with van der Waals surface area (Å²) in [5.74, 6) is 0. The summed E-state index contributed by atoms with van der Waals surface area (Å²) in [6, 6.07) is 0. The Kier molecular flexibility index (Phi) is 17.0. The predicted octanol–water partition coefficient (Wildman–Crippen LogP) is 6.27. The van der Waals surface area contributed by atoms with Gasteiger partial charge in [-0.25, -0.2) is 0 Å². The van der Waals surface area contributed by atoms with Crippen molar-refractivity contribution in [3.8, 4) is 0 Å². The van der Waals surface area contributed by atoms with E-state index in [0.29, 0.717) is 19.3 Å². The van der Waals surface area contributed by atoms with Crippen LogP contribution in [0.2, 0.25) is 0 Å². The molecule has 0 fully saturated rings. The summed E-state index contributed by atoms with van der Waals surface area (Å²) in [5.41, 5.74) is 0.224. The molecule has 0 radical (unpaired) electrons. The summed E-state index contributed by atoms with van der Waals surface area (Å²) in [4.78, 5) is 20.9. The molecule has 26 heavy (non-hydrogen) atoms. The van der Waals surface area contributed by atoms with Crippen molar-refractivity contribution in [2.45, 2.75) is 58.3 Å². The van der Waals surface area contributed by atoms with Gasteiger partial charge in [-0.05, 0) is 44.6 Å². The van der Waals surface area contributed by atoms with Crippen LogP contribution in [0.15, 0.2) is 72.5 Å². The molecule has 0 saturated carbocycles. The molecule has 0 atom stereocenters. The molecular formula is C22H31NO3. The lowest BCUT2D eigenvalue weighted by molar-refractivity contribution is -0.427. The van der Waals surface area contributed by atoms with Crippen LogP contribution in [0.5, 0.6) is 0 Å². The van der Waals surface area contributed by atoms with Crippen molar-refractivity contribution < 1.29 is 9.72 Å². The molecule has 0 aliphatic carbocycles. The molecule has 0 aliphatic rings. The zero-order chi connectivity index (χ0) is 19.3. The second-order valence-electron chi connectivity index (χ2n) is 5.61. The Balaban J connectivity index is 4.11. The van der Waals surface area contributed by atoms with Gasteiger partial charge in [-0.1, -0.05) is 67.7 Å². The normalized spacial score (nSPS) is 13.2. The molecule has 0 saturated heterocycles. The van der Waals surface area contributed by atoms with Gasteiger partial charge in [-0.15, -0.1) is 0 Å². The van der Waals surface area contributed by atoms with Crippen molar-refractivity contribution in [3.05, 3.63) is 82.6 Å². The van der Waals surface area contributed by atoms with E-state index in [1.54, 1.807) is 6.08 Å². The summed E-state index contributed by atoms with van der Waals surface area (Å²) in [6.07, 6.45) is 28.4. The standard InChI is InChI=1S/C22H31NO3/c1-2-3-4-5-6-7-10-13-16-19-22(23(25)26)20-17-14-11-8-9-12-15-18-21-24/h3-4,6-7,9,11-14,16,20-21H,2,5,8,10,15,17-19H2,1H3/b4-3-,7-6-,12-9-,14-11-,16-13-,22-20+. The fourth-order valence-corrected chi connectivity index (χ4v) is 2.00. The Morgan fingerprint density at radius 2 is 1.31 bits per heavy atom. The maximum atomic E-state index is 11.1. The average Bonchev–Trinajstić information content (AvgIpc) is 2.63. The summed E-state index contributed by atoms with van der Waals surface area (Å²) in [6.45, 7) is 2.11. The highest BCUT2D eigenvalue weighted by Crippen LogP contribution is 2.06. The Bertz CT molecular complexity index is 552. The van der Waals surface area contributed by atoms with E-state index in [-0.39, 0.29) is 10.6 Å². The van der Waals surface area contributed by atoms with E-state index < -0.39 is 0 Å². The van der Waals surface area contributed by atoms with Crippen molar-refractivity contribution in [2.24, 2.45) is 0 Å². The maximum absolute atomic E-state index is 11.1. The van der Waals surface area contributed by atoms with E-state index >= 15 is 0 Å². The molecule has 0 spiro atoms. The third-order valence-electron chi connectivity index (χ3n) is 3.39. The predicted molar refractivity (Wildman–Crippen MR) is 109 cm³/mol. The number of nitrogens with zero attached hydrogens (tertiary/aromatic N) is 1. The van der Waals surface area contributed by atoms with Gasteiger partial charge in [0.15, 0.2) is 0 Å². The molecular weight excluding hydrogens is 326 g/mol. The molecule has 4 heteroatoms. The number of unbranched alkanes of at least 4 members (excludes halogenated alkanes) is 1. The van der Waals surface area contributed by atoms with Crippen LogP contribution < -0.4 is 0 Å². The molecule has 0 aliphatic heterocycles. The van der Waals surface area contributed by atoms with Crippen LogP contribution in [0.3, 0.4) is 0 Å². The van der Waals surface area contributed by atoms with Crippen LogP contribution >= 0.6 is 0 Å². The highest BCUT2D eigenvalue weighted by atomic mass is 16.6. The van der Waals surface area contributed by atoms with Gasteiger partial charge >= 0.3 is 0 Å². The zero-order valence-electron chi connectivity index (χ0n) is 15.8. The zero-order valence-corrected chi connectivity index (χ0v) is 15.8. The van der Waals surface area contributed by atoms with Gasteiger partial charge in [-0.2, -0.15) is 0 Å². The number of rotatable bonds is 15. The van der Waals surface area contributed by atoms with Gasteiger partial charge in [0.2, 0.25) is 5.70 Å². The smallest absolute Gasteiger partial charge is 0.246 e. The quantitative estimate of drug-likeness (QED) is 0.114. The minimum absolute atomic E-state index is 0.224. The molecule has 0 unspecified atom stereocenters. The fraction of sp³-hybridized carbons (Fsp3) is 0.409. The number of aldehydes is 1. The van der Waals surface area contributed by atoms with E-state index in [1.807, 2.05) is 36.5 Å². The van der Waals surface area contributed by atoms with Crippen LogP contribution in [0.4, 0.5) is 0 Å². The van der Waals surface area contributed by atoms with Crippen molar-refractivity contribution in [1.82, 2.24) is 0 Å². The van der Waals surface area contributed by atoms with Crippen molar-refractivity contribution >= 4 is 6.29 Å². The lowest BCUT2D eigenvalue weighted by atomic mass is 10.2. The molecule has 0 amide bonds. The Labute approximate surface area is 157 Å². The van der Waals surface area contributed by atoms with Crippen LogP contribution in [0.1, 0.15) is 58.3 Å². The molecule has 0 aromatic heterocycles. The molecule has 142 valence electrons.